The standard InChI is InChI=1S/C17H20F3N3O2S/c18-17(19,20)13-3-1-2-12(7-13)15(24)22-9-11-6-14(21-8-11)16(25)23-4-5-26-10-23/h1-3,7,11,14,21H,4-6,8-10H2,(H,22,24)/t11-,14-/m0/s1. The van der Waals surface area contributed by atoms with Crippen LogP contribution in [0.5, 0.6) is 0 Å². The summed E-state index contributed by atoms with van der Waals surface area (Å²) in [5.41, 5.74) is -0.866. The van der Waals surface area contributed by atoms with E-state index >= 15 is 0 Å². The van der Waals surface area contributed by atoms with Gasteiger partial charge in [-0.1, -0.05) is 6.07 Å². The van der Waals surface area contributed by atoms with Crippen molar-refractivity contribution < 1.29 is 22.8 Å². The van der Waals surface area contributed by atoms with Crippen molar-refractivity contribution in [2.24, 2.45) is 5.92 Å². The second-order valence-electron chi connectivity index (χ2n) is 6.49. The molecule has 0 aliphatic carbocycles. The van der Waals surface area contributed by atoms with E-state index in [0.29, 0.717) is 25.4 Å². The Morgan fingerprint density at radius 1 is 1.35 bits per heavy atom. The molecule has 2 amide bonds. The van der Waals surface area contributed by atoms with E-state index in [2.05, 4.69) is 10.6 Å². The minimum absolute atomic E-state index is 0.0208. The summed E-state index contributed by atoms with van der Waals surface area (Å²) in [5, 5.41) is 5.85. The fourth-order valence-electron chi connectivity index (χ4n) is 3.14. The molecule has 2 aliphatic heterocycles. The van der Waals surface area contributed by atoms with Crippen LogP contribution in [-0.4, -0.2) is 54.0 Å². The Kier molecular flexibility index (Phi) is 5.76. The van der Waals surface area contributed by atoms with E-state index in [1.165, 1.54) is 12.1 Å². The molecule has 1 aromatic rings. The number of nitrogens with zero attached hydrogens (tertiary/aromatic N) is 1. The summed E-state index contributed by atoms with van der Waals surface area (Å²) < 4.78 is 38.2. The Morgan fingerprint density at radius 3 is 2.85 bits per heavy atom. The lowest BCUT2D eigenvalue weighted by Crippen LogP contribution is -2.42. The quantitative estimate of drug-likeness (QED) is 0.829. The predicted molar refractivity (Wildman–Crippen MR) is 92.7 cm³/mol. The third-order valence-electron chi connectivity index (χ3n) is 4.59. The molecule has 2 N–H and O–H groups in total. The van der Waals surface area contributed by atoms with E-state index in [0.717, 1.165) is 24.4 Å². The number of carbonyl (C=O) groups excluding carboxylic acids is 2. The number of hydrogen-bond donors (Lipinski definition) is 2. The number of amides is 2. The Labute approximate surface area is 153 Å². The average molecular weight is 387 g/mol. The van der Waals surface area contributed by atoms with E-state index in [9.17, 15) is 22.8 Å². The summed E-state index contributed by atoms with van der Waals surface area (Å²) in [6.07, 6.45) is -3.87. The van der Waals surface area contributed by atoms with E-state index in [1.807, 2.05) is 4.90 Å². The largest absolute Gasteiger partial charge is 0.416 e. The molecule has 0 unspecified atom stereocenters. The summed E-state index contributed by atoms with van der Waals surface area (Å²) in [5.74, 6) is 1.29. The highest BCUT2D eigenvalue weighted by molar-refractivity contribution is 7.99. The van der Waals surface area contributed by atoms with Crippen LogP contribution in [0.15, 0.2) is 24.3 Å². The van der Waals surface area contributed by atoms with Crippen LogP contribution in [0.25, 0.3) is 0 Å². The van der Waals surface area contributed by atoms with Crippen LogP contribution in [0, 0.1) is 5.92 Å². The molecule has 0 radical (unpaired) electrons. The third-order valence-corrected chi connectivity index (χ3v) is 5.55. The summed E-state index contributed by atoms with van der Waals surface area (Å²) in [7, 11) is 0. The summed E-state index contributed by atoms with van der Waals surface area (Å²) in [4.78, 5) is 26.3. The van der Waals surface area contributed by atoms with Crippen LogP contribution in [0.2, 0.25) is 0 Å². The van der Waals surface area contributed by atoms with Gasteiger partial charge in [0.15, 0.2) is 0 Å². The zero-order valence-corrected chi connectivity index (χ0v) is 14.8. The number of thioether (sulfide) groups is 1. The Bertz CT molecular complexity index is 677. The first-order valence-corrected chi connectivity index (χ1v) is 9.55. The topological polar surface area (TPSA) is 61.4 Å². The molecule has 142 valence electrons. The van der Waals surface area contributed by atoms with Crippen molar-refractivity contribution in [3.63, 3.8) is 0 Å². The molecule has 3 rings (SSSR count). The molecule has 2 heterocycles. The highest BCUT2D eigenvalue weighted by Gasteiger charge is 2.34. The average Bonchev–Trinajstić information content (AvgIpc) is 3.30. The van der Waals surface area contributed by atoms with Gasteiger partial charge >= 0.3 is 6.18 Å². The minimum Gasteiger partial charge on any atom is -0.352 e. The van der Waals surface area contributed by atoms with Gasteiger partial charge in [0.1, 0.15) is 0 Å². The highest BCUT2D eigenvalue weighted by atomic mass is 32.2. The van der Waals surface area contributed by atoms with Crippen LogP contribution in [-0.2, 0) is 11.0 Å². The first kappa shape index (κ1) is 19.0. The van der Waals surface area contributed by atoms with Gasteiger partial charge in [-0.05, 0) is 30.5 Å². The maximum absolute atomic E-state index is 12.7. The Morgan fingerprint density at radius 2 is 2.15 bits per heavy atom. The van der Waals surface area contributed by atoms with Crippen molar-refractivity contribution >= 4 is 23.6 Å². The maximum atomic E-state index is 12.7. The predicted octanol–water partition coefficient (Wildman–Crippen LogP) is 1.95. The molecule has 2 aliphatic rings. The molecule has 2 saturated heterocycles. The molecule has 2 fully saturated rings. The number of hydrogen-bond acceptors (Lipinski definition) is 4. The number of halogens is 3. The molecule has 5 nitrogen and oxygen atoms in total. The van der Waals surface area contributed by atoms with E-state index in [4.69, 9.17) is 0 Å². The van der Waals surface area contributed by atoms with E-state index < -0.39 is 17.6 Å². The molecule has 26 heavy (non-hydrogen) atoms. The lowest BCUT2D eigenvalue weighted by atomic mass is 10.0. The van der Waals surface area contributed by atoms with Crippen LogP contribution < -0.4 is 10.6 Å². The molecule has 2 atom stereocenters. The van der Waals surface area contributed by atoms with Crippen LogP contribution in [0.3, 0.4) is 0 Å². The number of benzene rings is 1. The zero-order chi connectivity index (χ0) is 18.7. The number of alkyl halides is 3. The van der Waals surface area contributed by atoms with Crippen LogP contribution >= 0.6 is 11.8 Å². The normalized spacial score (nSPS) is 23.3. The fourth-order valence-corrected chi connectivity index (χ4v) is 4.09. The molecular formula is C17H20F3N3O2S. The van der Waals surface area contributed by atoms with Gasteiger partial charge in [-0.15, -0.1) is 11.8 Å². The number of rotatable bonds is 4. The lowest BCUT2D eigenvalue weighted by molar-refractivity contribution is -0.137. The second kappa shape index (κ2) is 7.87. The third kappa shape index (κ3) is 4.50. The van der Waals surface area contributed by atoms with Crippen molar-refractivity contribution in [1.29, 1.82) is 0 Å². The SMILES string of the molecule is O=C(NC[C@@H]1CN[C@H](C(=O)N2CCSC2)C1)c1cccc(C(F)(F)F)c1. The van der Waals surface area contributed by atoms with Gasteiger partial charge in [-0.25, -0.2) is 0 Å². The fraction of sp³-hybridized carbons (Fsp3) is 0.529. The van der Waals surface area contributed by atoms with Crippen LogP contribution in [0.4, 0.5) is 13.2 Å². The Hall–Kier alpha value is -1.74. The molecule has 9 heteroatoms. The molecule has 1 aromatic carbocycles. The number of carbonyl (C=O) groups is 2. The smallest absolute Gasteiger partial charge is 0.352 e. The summed E-state index contributed by atoms with van der Waals surface area (Å²) in [6.45, 7) is 1.68. The molecule has 0 saturated carbocycles. The van der Waals surface area contributed by atoms with Gasteiger partial charge in [0, 0.05) is 31.0 Å². The van der Waals surface area contributed by atoms with Gasteiger partial charge in [0.25, 0.3) is 5.91 Å². The van der Waals surface area contributed by atoms with Crippen molar-refractivity contribution in [2.45, 2.75) is 18.6 Å². The summed E-state index contributed by atoms with van der Waals surface area (Å²) >= 11 is 1.72. The molecular weight excluding hydrogens is 367 g/mol. The molecule has 0 bridgehead atoms. The van der Waals surface area contributed by atoms with Gasteiger partial charge in [-0.2, -0.15) is 13.2 Å². The Balaban J connectivity index is 1.50. The molecule has 0 aromatic heterocycles. The van der Waals surface area contributed by atoms with E-state index in [1.54, 1.807) is 11.8 Å². The molecule has 0 spiro atoms. The second-order valence-corrected chi connectivity index (χ2v) is 7.56. The van der Waals surface area contributed by atoms with Crippen molar-refractivity contribution in [1.82, 2.24) is 15.5 Å². The monoisotopic (exact) mass is 387 g/mol. The summed E-state index contributed by atoms with van der Waals surface area (Å²) in [6, 6.07) is 4.11. The van der Waals surface area contributed by atoms with Gasteiger partial charge < -0.3 is 15.5 Å². The van der Waals surface area contributed by atoms with Crippen molar-refractivity contribution in [3.05, 3.63) is 35.4 Å². The van der Waals surface area contributed by atoms with Crippen molar-refractivity contribution in [3.8, 4) is 0 Å². The minimum atomic E-state index is -4.48. The lowest BCUT2D eigenvalue weighted by Gasteiger charge is -2.19. The van der Waals surface area contributed by atoms with Gasteiger partial charge in [-0.3, -0.25) is 9.59 Å². The first-order valence-electron chi connectivity index (χ1n) is 8.40. The van der Waals surface area contributed by atoms with Crippen LogP contribution in [0.1, 0.15) is 22.3 Å². The maximum Gasteiger partial charge on any atom is 0.416 e. The zero-order valence-electron chi connectivity index (χ0n) is 14.0. The number of nitrogens with one attached hydrogen (secondary N) is 2. The van der Waals surface area contributed by atoms with Gasteiger partial charge in [0.2, 0.25) is 5.91 Å². The van der Waals surface area contributed by atoms with Crippen molar-refractivity contribution in [2.75, 3.05) is 31.3 Å². The van der Waals surface area contributed by atoms with Gasteiger partial charge in [0.05, 0.1) is 17.5 Å². The first-order chi connectivity index (χ1) is 12.3. The van der Waals surface area contributed by atoms with E-state index in [-0.39, 0.29) is 23.4 Å². The highest BCUT2D eigenvalue weighted by Crippen LogP contribution is 2.29.